The lowest BCUT2D eigenvalue weighted by molar-refractivity contribution is 0.0264. The van der Waals surface area contributed by atoms with Crippen molar-refractivity contribution in [3.63, 3.8) is 0 Å². The molecule has 1 fully saturated rings. The predicted molar refractivity (Wildman–Crippen MR) is 59.9 cm³/mol. The molecule has 1 aliphatic carbocycles. The second-order valence-corrected chi connectivity index (χ2v) is 4.53. The fraction of sp³-hybridized carbons (Fsp3) is 0.500. The molecule has 1 heterocycles. The van der Waals surface area contributed by atoms with Crippen LogP contribution in [0.4, 0.5) is 4.39 Å². The van der Waals surface area contributed by atoms with Crippen molar-refractivity contribution in [3.05, 3.63) is 29.8 Å². The van der Waals surface area contributed by atoms with Gasteiger partial charge in [0.25, 0.3) is 5.91 Å². The van der Waals surface area contributed by atoms with E-state index in [0.29, 0.717) is 12.5 Å². The van der Waals surface area contributed by atoms with Gasteiger partial charge in [-0.05, 0) is 24.8 Å². The second-order valence-electron chi connectivity index (χ2n) is 4.53. The molecule has 17 heavy (non-hydrogen) atoms. The minimum Gasteiger partial charge on any atom is -0.393 e. The Balaban J connectivity index is 1.97. The number of hydrogen-bond acceptors (Lipinski definition) is 3. The first-order valence-corrected chi connectivity index (χ1v) is 5.61. The average Bonchev–Trinajstić information content (AvgIpc) is 2.26. The molecular weight excluding hydrogens is 223 g/mol. The van der Waals surface area contributed by atoms with Crippen molar-refractivity contribution in [2.75, 3.05) is 13.6 Å². The maximum atomic E-state index is 13.3. The van der Waals surface area contributed by atoms with Crippen molar-refractivity contribution in [3.8, 4) is 0 Å². The van der Waals surface area contributed by atoms with Gasteiger partial charge in [-0.1, -0.05) is 0 Å². The van der Waals surface area contributed by atoms with E-state index in [4.69, 9.17) is 5.11 Å². The first-order chi connectivity index (χ1) is 8.08. The molecule has 1 aromatic heterocycles. The molecule has 0 unspecified atom stereocenters. The molecule has 1 aromatic rings. The largest absolute Gasteiger partial charge is 0.393 e. The van der Waals surface area contributed by atoms with Gasteiger partial charge in [-0.25, -0.2) is 4.39 Å². The molecule has 0 saturated heterocycles. The number of halogens is 1. The SMILES string of the molecule is CN(CC1CC(O)C1)C(=O)c1ccncc1F. The monoisotopic (exact) mass is 238 g/mol. The maximum Gasteiger partial charge on any atom is 0.256 e. The quantitative estimate of drug-likeness (QED) is 0.856. The van der Waals surface area contributed by atoms with Crippen LogP contribution in [0.1, 0.15) is 23.2 Å². The van der Waals surface area contributed by atoms with Crippen molar-refractivity contribution < 1.29 is 14.3 Å². The fourth-order valence-corrected chi connectivity index (χ4v) is 2.07. The fourth-order valence-electron chi connectivity index (χ4n) is 2.07. The number of amides is 1. The lowest BCUT2D eigenvalue weighted by Crippen LogP contribution is -2.39. The highest BCUT2D eigenvalue weighted by molar-refractivity contribution is 5.94. The van der Waals surface area contributed by atoms with Gasteiger partial charge in [0, 0.05) is 19.8 Å². The van der Waals surface area contributed by atoms with Crippen LogP contribution < -0.4 is 0 Å². The normalized spacial score (nSPS) is 23.0. The van der Waals surface area contributed by atoms with Crippen LogP contribution in [-0.2, 0) is 0 Å². The number of aromatic nitrogens is 1. The molecule has 0 atom stereocenters. The van der Waals surface area contributed by atoms with Crippen LogP contribution in [0.3, 0.4) is 0 Å². The first kappa shape index (κ1) is 12.0. The van der Waals surface area contributed by atoms with E-state index in [1.165, 1.54) is 17.2 Å². The summed E-state index contributed by atoms with van der Waals surface area (Å²) in [5, 5.41) is 9.16. The van der Waals surface area contributed by atoms with Crippen molar-refractivity contribution in [1.82, 2.24) is 9.88 Å². The van der Waals surface area contributed by atoms with Gasteiger partial charge < -0.3 is 10.0 Å². The number of pyridine rings is 1. The summed E-state index contributed by atoms with van der Waals surface area (Å²) in [6.07, 6.45) is 3.64. The molecule has 5 heteroatoms. The highest BCUT2D eigenvalue weighted by Gasteiger charge is 2.29. The molecular formula is C12H15FN2O2. The van der Waals surface area contributed by atoms with Crippen molar-refractivity contribution >= 4 is 5.91 Å². The minimum absolute atomic E-state index is 0.0439. The van der Waals surface area contributed by atoms with E-state index in [2.05, 4.69) is 4.98 Å². The number of carbonyl (C=O) groups excluding carboxylic acids is 1. The smallest absolute Gasteiger partial charge is 0.256 e. The molecule has 0 aromatic carbocycles. The van der Waals surface area contributed by atoms with Crippen LogP contribution in [0.25, 0.3) is 0 Å². The predicted octanol–water partition coefficient (Wildman–Crippen LogP) is 1.06. The number of nitrogens with zero attached hydrogens (tertiary/aromatic N) is 2. The number of rotatable bonds is 3. The summed E-state index contributed by atoms with van der Waals surface area (Å²) in [5.41, 5.74) is 0.0439. The molecule has 0 spiro atoms. The lowest BCUT2D eigenvalue weighted by Gasteiger charge is -2.34. The van der Waals surface area contributed by atoms with Gasteiger partial charge in [0.15, 0.2) is 5.82 Å². The first-order valence-electron chi connectivity index (χ1n) is 5.61. The van der Waals surface area contributed by atoms with E-state index < -0.39 is 5.82 Å². The Kier molecular flexibility index (Phi) is 3.38. The van der Waals surface area contributed by atoms with E-state index in [1.807, 2.05) is 0 Å². The number of aliphatic hydroxyl groups is 1. The number of hydrogen-bond donors (Lipinski definition) is 1. The Morgan fingerprint density at radius 1 is 1.65 bits per heavy atom. The van der Waals surface area contributed by atoms with E-state index in [-0.39, 0.29) is 17.6 Å². The summed E-state index contributed by atoms with van der Waals surface area (Å²) in [5.74, 6) is -0.617. The minimum atomic E-state index is -0.599. The molecule has 1 amide bonds. The van der Waals surface area contributed by atoms with Gasteiger partial charge >= 0.3 is 0 Å². The lowest BCUT2D eigenvalue weighted by atomic mass is 9.82. The number of aliphatic hydroxyl groups excluding tert-OH is 1. The van der Waals surface area contributed by atoms with Crippen LogP contribution in [0, 0.1) is 11.7 Å². The molecule has 1 aliphatic rings. The van der Waals surface area contributed by atoms with Crippen LogP contribution in [0.15, 0.2) is 18.5 Å². The summed E-state index contributed by atoms with van der Waals surface area (Å²) in [4.78, 5) is 17.0. The van der Waals surface area contributed by atoms with Gasteiger partial charge in [-0.3, -0.25) is 9.78 Å². The Morgan fingerprint density at radius 3 is 2.94 bits per heavy atom. The molecule has 2 rings (SSSR count). The van der Waals surface area contributed by atoms with Crippen molar-refractivity contribution in [1.29, 1.82) is 0 Å². The van der Waals surface area contributed by atoms with Gasteiger partial charge in [0.2, 0.25) is 0 Å². The Morgan fingerprint density at radius 2 is 2.35 bits per heavy atom. The summed E-state index contributed by atoms with van der Waals surface area (Å²) in [7, 11) is 1.65. The second kappa shape index (κ2) is 4.79. The molecule has 1 N–H and O–H groups in total. The third-order valence-corrected chi connectivity index (χ3v) is 3.09. The summed E-state index contributed by atoms with van der Waals surface area (Å²) < 4.78 is 13.3. The third-order valence-electron chi connectivity index (χ3n) is 3.09. The molecule has 1 saturated carbocycles. The molecule has 0 radical (unpaired) electrons. The molecule has 0 aliphatic heterocycles. The summed E-state index contributed by atoms with van der Waals surface area (Å²) in [6.45, 7) is 0.553. The van der Waals surface area contributed by atoms with Crippen LogP contribution in [-0.4, -0.2) is 40.6 Å². The van der Waals surface area contributed by atoms with Crippen LogP contribution >= 0.6 is 0 Å². The average molecular weight is 238 g/mol. The maximum absolute atomic E-state index is 13.3. The van der Waals surface area contributed by atoms with Gasteiger partial charge in [0.05, 0.1) is 17.9 Å². The Bertz CT molecular complexity index is 419. The number of carbonyl (C=O) groups is 1. The Labute approximate surface area is 99.1 Å². The standard InChI is InChI=1S/C12H15FN2O2/c1-15(7-8-4-9(16)5-8)12(17)10-2-3-14-6-11(10)13/h2-3,6,8-9,16H,4-5,7H2,1H3. The van der Waals surface area contributed by atoms with Crippen LogP contribution in [0.5, 0.6) is 0 Å². The summed E-state index contributed by atoms with van der Waals surface area (Å²) >= 11 is 0. The van der Waals surface area contributed by atoms with E-state index in [9.17, 15) is 9.18 Å². The highest BCUT2D eigenvalue weighted by atomic mass is 19.1. The van der Waals surface area contributed by atoms with Gasteiger partial charge in [-0.15, -0.1) is 0 Å². The van der Waals surface area contributed by atoms with Crippen molar-refractivity contribution in [2.45, 2.75) is 18.9 Å². The molecule has 4 nitrogen and oxygen atoms in total. The van der Waals surface area contributed by atoms with E-state index >= 15 is 0 Å². The van der Waals surface area contributed by atoms with Crippen molar-refractivity contribution in [2.24, 2.45) is 5.92 Å². The van der Waals surface area contributed by atoms with Gasteiger partial charge in [0.1, 0.15) is 0 Å². The zero-order valence-electron chi connectivity index (χ0n) is 9.64. The molecule has 92 valence electrons. The van der Waals surface area contributed by atoms with Gasteiger partial charge in [-0.2, -0.15) is 0 Å². The highest BCUT2D eigenvalue weighted by Crippen LogP contribution is 2.27. The van der Waals surface area contributed by atoms with Crippen LogP contribution in [0.2, 0.25) is 0 Å². The van der Waals surface area contributed by atoms with E-state index in [0.717, 1.165) is 19.0 Å². The zero-order chi connectivity index (χ0) is 12.4. The third kappa shape index (κ3) is 2.61. The van der Waals surface area contributed by atoms with E-state index in [1.54, 1.807) is 7.05 Å². The molecule has 0 bridgehead atoms. The topological polar surface area (TPSA) is 53.4 Å². The Hall–Kier alpha value is -1.49. The zero-order valence-corrected chi connectivity index (χ0v) is 9.64. The summed E-state index contributed by atoms with van der Waals surface area (Å²) in [6, 6.07) is 1.38.